The number of nitrogens with zero attached hydrogens (tertiary/aromatic N) is 1. The summed E-state index contributed by atoms with van der Waals surface area (Å²) in [6.45, 7) is 3.26. The molecule has 114 valence electrons. The van der Waals surface area contributed by atoms with Crippen LogP contribution in [0, 0.1) is 0 Å². The molecule has 0 radical (unpaired) electrons. The van der Waals surface area contributed by atoms with Crippen molar-refractivity contribution in [2.45, 2.75) is 31.5 Å². The predicted molar refractivity (Wildman–Crippen MR) is 70.3 cm³/mol. The van der Waals surface area contributed by atoms with Gasteiger partial charge in [-0.15, -0.1) is 0 Å². The molecule has 2 atom stereocenters. The molecule has 1 amide bonds. The van der Waals surface area contributed by atoms with E-state index in [1.54, 1.807) is 0 Å². The molecule has 0 aromatic carbocycles. The fourth-order valence-electron chi connectivity index (χ4n) is 2.51. The third-order valence-corrected chi connectivity index (χ3v) is 3.56. The Kier molecular flexibility index (Phi) is 5.60. The van der Waals surface area contributed by atoms with Gasteiger partial charge in [0.1, 0.15) is 6.10 Å². The Morgan fingerprint density at radius 2 is 2.25 bits per heavy atom. The number of esters is 1. The summed E-state index contributed by atoms with van der Waals surface area (Å²) < 4.78 is 15.4. The minimum absolute atomic E-state index is 0.165. The van der Waals surface area contributed by atoms with Crippen LogP contribution >= 0.6 is 0 Å². The van der Waals surface area contributed by atoms with Crippen LogP contribution in [-0.2, 0) is 19.0 Å². The number of rotatable bonds is 7. The van der Waals surface area contributed by atoms with Gasteiger partial charge in [0.05, 0.1) is 26.2 Å². The van der Waals surface area contributed by atoms with Gasteiger partial charge in [0, 0.05) is 26.2 Å². The van der Waals surface area contributed by atoms with E-state index in [1.807, 2.05) is 0 Å². The van der Waals surface area contributed by atoms with E-state index in [1.165, 1.54) is 7.11 Å². The molecule has 0 aliphatic carbocycles. The molecule has 0 spiro atoms. The van der Waals surface area contributed by atoms with E-state index in [0.29, 0.717) is 26.1 Å². The number of carbonyl (C=O) groups excluding carboxylic acids is 2. The lowest BCUT2D eigenvalue weighted by Gasteiger charge is -2.26. The second-order valence-corrected chi connectivity index (χ2v) is 5.13. The van der Waals surface area contributed by atoms with Crippen LogP contribution in [0.3, 0.4) is 0 Å². The van der Waals surface area contributed by atoms with Crippen LogP contribution in [0.4, 0.5) is 4.79 Å². The molecule has 0 saturated carbocycles. The molecule has 2 unspecified atom stereocenters. The zero-order valence-electron chi connectivity index (χ0n) is 11.8. The van der Waals surface area contributed by atoms with E-state index in [-0.39, 0.29) is 24.3 Å². The maximum Gasteiger partial charge on any atom is 0.407 e. The monoisotopic (exact) mass is 286 g/mol. The molecule has 2 saturated heterocycles. The largest absolute Gasteiger partial charge is 0.469 e. The first-order valence-corrected chi connectivity index (χ1v) is 7.02. The first kappa shape index (κ1) is 15.1. The summed E-state index contributed by atoms with van der Waals surface area (Å²) in [6.07, 6.45) is 2.11. The summed E-state index contributed by atoms with van der Waals surface area (Å²) >= 11 is 0. The fourth-order valence-corrected chi connectivity index (χ4v) is 2.51. The highest BCUT2D eigenvalue weighted by Gasteiger charge is 2.27. The van der Waals surface area contributed by atoms with Crippen molar-refractivity contribution in [3.05, 3.63) is 0 Å². The fraction of sp³-hybridized carbons (Fsp3) is 0.846. The van der Waals surface area contributed by atoms with Crippen LogP contribution in [0.25, 0.3) is 0 Å². The summed E-state index contributed by atoms with van der Waals surface area (Å²) in [5.74, 6) is -0.233. The maximum atomic E-state index is 11.3. The molecule has 0 aromatic heterocycles. The normalized spacial score (nSPS) is 25.6. The summed E-state index contributed by atoms with van der Waals surface area (Å²) in [7, 11) is 1.38. The van der Waals surface area contributed by atoms with E-state index in [0.717, 1.165) is 26.0 Å². The quantitative estimate of drug-likeness (QED) is 0.671. The van der Waals surface area contributed by atoms with Gasteiger partial charge in [0.25, 0.3) is 0 Å². The van der Waals surface area contributed by atoms with Gasteiger partial charge in [-0.1, -0.05) is 0 Å². The molecule has 2 aliphatic heterocycles. The van der Waals surface area contributed by atoms with Crippen LogP contribution in [0.1, 0.15) is 19.3 Å². The van der Waals surface area contributed by atoms with E-state index in [2.05, 4.69) is 15.0 Å². The Morgan fingerprint density at radius 1 is 1.45 bits per heavy atom. The van der Waals surface area contributed by atoms with Crippen molar-refractivity contribution in [2.75, 3.05) is 39.9 Å². The third-order valence-electron chi connectivity index (χ3n) is 3.56. The lowest BCUT2D eigenvalue weighted by molar-refractivity contribution is -0.141. The Hall–Kier alpha value is -1.34. The van der Waals surface area contributed by atoms with Crippen LogP contribution in [0.2, 0.25) is 0 Å². The van der Waals surface area contributed by atoms with Crippen molar-refractivity contribution in [1.82, 2.24) is 10.2 Å². The second kappa shape index (κ2) is 7.44. The number of ether oxygens (including phenoxy) is 3. The van der Waals surface area contributed by atoms with Crippen LogP contribution < -0.4 is 5.32 Å². The van der Waals surface area contributed by atoms with Gasteiger partial charge in [-0.05, 0) is 12.8 Å². The molecule has 7 nitrogen and oxygen atoms in total. The Balaban J connectivity index is 1.81. The molecule has 2 rings (SSSR count). The predicted octanol–water partition coefficient (Wildman–Crippen LogP) is 0.139. The van der Waals surface area contributed by atoms with Crippen molar-refractivity contribution < 1.29 is 23.8 Å². The zero-order valence-corrected chi connectivity index (χ0v) is 11.8. The minimum Gasteiger partial charge on any atom is -0.469 e. The highest BCUT2D eigenvalue weighted by molar-refractivity contribution is 5.69. The Labute approximate surface area is 118 Å². The van der Waals surface area contributed by atoms with Gasteiger partial charge in [-0.25, -0.2) is 4.79 Å². The molecular weight excluding hydrogens is 264 g/mol. The number of alkyl carbamates (subject to hydrolysis) is 1. The highest BCUT2D eigenvalue weighted by atomic mass is 16.6. The van der Waals surface area contributed by atoms with Gasteiger partial charge in [-0.2, -0.15) is 0 Å². The van der Waals surface area contributed by atoms with Gasteiger partial charge in [-0.3, -0.25) is 9.69 Å². The molecule has 0 aromatic rings. The van der Waals surface area contributed by atoms with Crippen molar-refractivity contribution in [3.8, 4) is 0 Å². The van der Waals surface area contributed by atoms with Gasteiger partial charge < -0.3 is 19.5 Å². The molecule has 2 heterocycles. The summed E-state index contributed by atoms with van der Waals surface area (Å²) in [6, 6.07) is 0. The smallest absolute Gasteiger partial charge is 0.407 e. The number of carbonyl (C=O) groups is 2. The average Bonchev–Trinajstić information content (AvgIpc) is 3.07. The standard InChI is InChI=1S/C13H22N2O5/c1-18-12(16)4-5-15(8-10-3-2-6-19-10)9-11-7-14-13(17)20-11/h10-11H,2-9H2,1H3,(H,14,17). The number of hydrogen-bond donors (Lipinski definition) is 1. The average molecular weight is 286 g/mol. The summed E-state index contributed by atoms with van der Waals surface area (Å²) in [4.78, 5) is 24.4. The number of methoxy groups -OCH3 is 1. The number of cyclic esters (lactones) is 1. The van der Waals surface area contributed by atoms with E-state index in [9.17, 15) is 9.59 Å². The molecule has 20 heavy (non-hydrogen) atoms. The molecule has 2 fully saturated rings. The van der Waals surface area contributed by atoms with Crippen molar-refractivity contribution in [2.24, 2.45) is 0 Å². The minimum atomic E-state index is -0.375. The maximum absolute atomic E-state index is 11.3. The third kappa shape index (κ3) is 4.64. The Bertz CT molecular complexity index is 344. The molecule has 7 heteroatoms. The van der Waals surface area contributed by atoms with Gasteiger partial charge in [0.15, 0.2) is 0 Å². The Morgan fingerprint density at radius 3 is 2.85 bits per heavy atom. The number of amides is 1. The summed E-state index contributed by atoms with van der Waals surface area (Å²) in [5.41, 5.74) is 0. The van der Waals surface area contributed by atoms with Crippen LogP contribution in [0.15, 0.2) is 0 Å². The van der Waals surface area contributed by atoms with E-state index >= 15 is 0 Å². The molecule has 0 bridgehead atoms. The number of nitrogens with one attached hydrogen (secondary N) is 1. The first-order valence-electron chi connectivity index (χ1n) is 7.02. The van der Waals surface area contributed by atoms with Gasteiger partial charge in [0.2, 0.25) is 0 Å². The first-order chi connectivity index (χ1) is 9.67. The summed E-state index contributed by atoms with van der Waals surface area (Å²) in [5, 5.41) is 2.63. The molecule has 2 aliphatic rings. The van der Waals surface area contributed by atoms with E-state index < -0.39 is 0 Å². The number of hydrogen-bond acceptors (Lipinski definition) is 6. The molecule has 1 N–H and O–H groups in total. The second-order valence-electron chi connectivity index (χ2n) is 5.13. The topological polar surface area (TPSA) is 77.1 Å². The van der Waals surface area contributed by atoms with Crippen molar-refractivity contribution in [3.63, 3.8) is 0 Å². The van der Waals surface area contributed by atoms with E-state index in [4.69, 9.17) is 9.47 Å². The van der Waals surface area contributed by atoms with Crippen LogP contribution in [-0.4, -0.2) is 69.1 Å². The van der Waals surface area contributed by atoms with Crippen molar-refractivity contribution in [1.29, 1.82) is 0 Å². The molecular formula is C13H22N2O5. The van der Waals surface area contributed by atoms with Gasteiger partial charge >= 0.3 is 12.1 Å². The van der Waals surface area contributed by atoms with Crippen molar-refractivity contribution >= 4 is 12.1 Å². The highest BCUT2D eigenvalue weighted by Crippen LogP contribution is 2.14. The lowest BCUT2D eigenvalue weighted by Crippen LogP contribution is -2.40. The van der Waals surface area contributed by atoms with Crippen LogP contribution in [0.5, 0.6) is 0 Å². The zero-order chi connectivity index (χ0) is 14.4. The lowest BCUT2D eigenvalue weighted by atomic mass is 10.2. The SMILES string of the molecule is COC(=O)CCN(CC1CCCO1)CC1CNC(=O)O1.